The number of halogens is 1. The van der Waals surface area contributed by atoms with Crippen molar-refractivity contribution in [2.24, 2.45) is 4.40 Å². The molecule has 24 heavy (non-hydrogen) atoms. The Labute approximate surface area is 149 Å². The summed E-state index contributed by atoms with van der Waals surface area (Å²) in [6, 6.07) is 4.51. The number of thioether (sulfide) groups is 1. The molecule has 0 saturated carbocycles. The van der Waals surface area contributed by atoms with E-state index in [0.717, 1.165) is 31.2 Å². The maximum absolute atomic E-state index is 12.2. The number of rotatable bonds is 4. The van der Waals surface area contributed by atoms with E-state index in [-0.39, 0.29) is 27.8 Å². The number of carbonyl (C=O) groups excluding carboxylic acids is 1. The minimum absolute atomic E-state index is 0.0298. The van der Waals surface area contributed by atoms with Crippen molar-refractivity contribution in [3.8, 4) is 0 Å². The van der Waals surface area contributed by atoms with Gasteiger partial charge in [-0.05, 0) is 31.0 Å². The number of carbonyl (C=O) groups is 1. The van der Waals surface area contributed by atoms with Crippen molar-refractivity contribution in [2.45, 2.75) is 23.8 Å². The van der Waals surface area contributed by atoms with Gasteiger partial charge >= 0.3 is 0 Å². The molecule has 1 unspecified atom stereocenters. The van der Waals surface area contributed by atoms with Crippen LogP contribution in [0.1, 0.15) is 12.8 Å². The number of nitrogens with zero attached hydrogens (tertiary/aromatic N) is 1. The molecule has 1 saturated heterocycles. The molecule has 7 nitrogen and oxygen atoms in total. The summed E-state index contributed by atoms with van der Waals surface area (Å²) in [7, 11) is -3.82. The standard InChI is InChI=1S/C14H16ClN3O4S2/c15-9-3-4-11-12(6-9)24(20,21)18-14(17-11)23-8-13(19)16-7-10-2-1-5-22-10/h3-4,6,10H,1-2,5,7-8H2,(H,16,19)(H,17,18). The van der Waals surface area contributed by atoms with Crippen molar-refractivity contribution in [1.29, 1.82) is 0 Å². The third-order valence-electron chi connectivity index (χ3n) is 3.56. The molecule has 1 atom stereocenters. The maximum atomic E-state index is 12.2. The minimum Gasteiger partial charge on any atom is -0.376 e. The number of sulfonamides is 1. The molecular formula is C14H16ClN3O4S2. The van der Waals surface area contributed by atoms with E-state index in [1.165, 1.54) is 6.07 Å². The van der Waals surface area contributed by atoms with Gasteiger partial charge in [-0.2, -0.15) is 8.42 Å². The van der Waals surface area contributed by atoms with Crippen molar-refractivity contribution in [1.82, 2.24) is 5.32 Å². The molecule has 1 fully saturated rings. The number of ether oxygens (including phenoxy) is 1. The van der Waals surface area contributed by atoms with Crippen LogP contribution >= 0.6 is 23.4 Å². The maximum Gasteiger partial charge on any atom is 0.286 e. The Hall–Kier alpha value is -1.29. The second kappa shape index (κ2) is 7.30. The number of fused-ring (bicyclic) bond motifs is 1. The molecule has 1 aromatic rings. The first-order valence-corrected chi connectivity index (χ1v) is 10.2. The molecule has 1 aromatic carbocycles. The molecule has 10 heteroatoms. The van der Waals surface area contributed by atoms with Gasteiger partial charge in [0.25, 0.3) is 10.0 Å². The molecular weight excluding hydrogens is 374 g/mol. The van der Waals surface area contributed by atoms with E-state index < -0.39 is 10.0 Å². The van der Waals surface area contributed by atoms with Crippen LogP contribution in [0.25, 0.3) is 0 Å². The van der Waals surface area contributed by atoms with Crippen molar-refractivity contribution in [3.63, 3.8) is 0 Å². The molecule has 2 heterocycles. The molecule has 2 aliphatic heterocycles. The van der Waals surface area contributed by atoms with Crippen molar-refractivity contribution < 1.29 is 17.9 Å². The third-order valence-corrected chi connectivity index (χ3v) is 6.10. The summed E-state index contributed by atoms with van der Waals surface area (Å²) in [5.41, 5.74) is 0.400. The van der Waals surface area contributed by atoms with Crippen molar-refractivity contribution >= 4 is 50.1 Å². The second-order valence-corrected chi connectivity index (χ2v) is 8.34. The summed E-state index contributed by atoms with van der Waals surface area (Å²) in [5, 5.41) is 6.16. The number of nitrogens with one attached hydrogen (secondary N) is 2. The van der Waals surface area contributed by atoms with Crippen LogP contribution in [0.3, 0.4) is 0 Å². The second-order valence-electron chi connectivity index (χ2n) is 5.36. The summed E-state index contributed by atoms with van der Waals surface area (Å²) in [4.78, 5) is 11.9. The Morgan fingerprint density at radius 2 is 2.33 bits per heavy atom. The summed E-state index contributed by atoms with van der Waals surface area (Å²) in [5.74, 6) is -0.129. The summed E-state index contributed by atoms with van der Waals surface area (Å²) in [6.07, 6.45) is 2.03. The Morgan fingerprint density at radius 1 is 1.50 bits per heavy atom. The Kier molecular flexibility index (Phi) is 5.33. The first-order valence-electron chi connectivity index (χ1n) is 7.37. The number of benzene rings is 1. The third kappa shape index (κ3) is 4.21. The average Bonchev–Trinajstić information content (AvgIpc) is 3.05. The first-order chi connectivity index (χ1) is 11.4. The Balaban J connectivity index is 1.57. The van der Waals surface area contributed by atoms with Gasteiger partial charge in [0.15, 0.2) is 5.17 Å². The Bertz CT molecular complexity index is 776. The van der Waals surface area contributed by atoms with Crippen molar-refractivity contribution in [3.05, 3.63) is 23.2 Å². The van der Waals surface area contributed by atoms with E-state index in [9.17, 15) is 13.2 Å². The molecule has 2 N–H and O–H groups in total. The molecule has 1 amide bonds. The average molecular weight is 390 g/mol. The van der Waals surface area contributed by atoms with Gasteiger partial charge in [-0.3, -0.25) is 4.79 Å². The molecule has 0 aliphatic carbocycles. The molecule has 2 aliphatic rings. The first kappa shape index (κ1) is 17.5. The van der Waals surface area contributed by atoms with E-state index in [1.54, 1.807) is 12.1 Å². The minimum atomic E-state index is -3.82. The SMILES string of the molecule is O=C(CSC1=NS(=O)(=O)c2cc(Cl)ccc2N1)NCC1CCCO1. The van der Waals surface area contributed by atoms with Crippen LogP contribution in [0.2, 0.25) is 5.02 Å². The lowest BCUT2D eigenvalue weighted by molar-refractivity contribution is -0.119. The number of hydrogen-bond acceptors (Lipinski definition) is 6. The van der Waals surface area contributed by atoms with Crippen LogP contribution in [0.4, 0.5) is 5.69 Å². The normalized spacial score (nSPS) is 21.5. The van der Waals surface area contributed by atoms with Gasteiger partial charge in [0.2, 0.25) is 5.91 Å². The number of anilines is 1. The van der Waals surface area contributed by atoms with Crippen LogP contribution in [-0.2, 0) is 19.6 Å². The summed E-state index contributed by atoms with van der Waals surface area (Å²) < 4.78 is 33.4. The lowest BCUT2D eigenvalue weighted by atomic mass is 10.2. The lowest BCUT2D eigenvalue weighted by Gasteiger charge is -2.17. The van der Waals surface area contributed by atoms with Gasteiger partial charge in [-0.1, -0.05) is 23.4 Å². The topological polar surface area (TPSA) is 96.9 Å². The number of amidine groups is 1. The highest BCUT2D eigenvalue weighted by Gasteiger charge is 2.26. The molecule has 0 aromatic heterocycles. The molecule has 3 rings (SSSR count). The molecule has 0 spiro atoms. The van der Waals surface area contributed by atoms with Gasteiger partial charge in [0.05, 0.1) is 17.5 Å². The smallest absolute Gasteiger partial charge is 0.286 e. The van der Waals surface area contributed by atoms with Crippen molar-refractivity contribution in [2.75, 3.05) is 24.2 Å². The van der Waals surface area contributed by atoms with E-state index in [1.807, 2.05) is 0 Å². The highest BCUT2D eigenvalue weighted by atomic mass is 35.5. The van der Waals surface area contributed by atoms with E-state index >= 15 is 0 Å². The quantitative estimate of drug-likeness (QED) is 0.815. The highest BCUT2D eigenvalue weighted by molar-refractivity contribution is 8.15. The predicted molar refractivity (Wildman–Crippen MR) is 94.1 cm³/mol. The summed E-state index contributed by atoms with van der Waals surface area (Å²) >= 11 is 6.85. The van der Waals surface area contributed by atoms with Gasteiger partial charge in [0.1, 0.15) is 4.90 Å². The van der Waals surface area contributed by atoms with Crippen LogP contribution in [0.5, 0.6) is 0 Å². The fraction of sp³-hybridized carbons (Fsp3) is 0.429. The summed E-state index contributed by atoms with van der Waals surface area (Å²) in [6.45, 7) is 1.20. The molecule has 0 radical (unpaired) electrons. The van der Waals surface area contributed by atoms with E-state index in [4.69, 9.17) is 16.3 Å². The van der Waals surface area contributed by atoms with E-state index in [0.29, 0.717) is 17.3 Å². The zero-order chi connectivity index (χ0) is 17.2. The number of amides is 1. The fourth-order valence-electron chi connectivity index (χ4n) is 2.39. The largest absolute Gasteiger partial charge is 0.376 e. The Morgan fingerprint density at radius 3 is 3.08 bits per heavy atom. The molecule has 0 bridgehead atoms. The van der Waals surface area contributed by atoms with Crippen LogP contribution in [0.15, 0.2) is 27.5 Å². The van der Waals surface area contributed by atoms with Crippen LogP contribution in [0, 0.1) is 0 Å². The number of hydrogen-bond donors (Lipinski definition) is 2. The predicted octanol–water partition coefficient (Wildman–Crippen LogP) is 1.84. The zero-order valence-electron chi connectivity index (χ0n) is 12.6. The molecule has 130 valence electrons. The zero-order valence-corrected chi connectivity index (χ0v) is 15.0. The lowest BCUT2D eigenvalue weighted by Crippen LogP contribution is -2.33. The monoisotopic (exact) mass is 389 g/mol. The van der Waals surface area contributed by atoms with Gasteiger partial charge in [-0.25, -0.2) is 0 Å². The van der Waals surface area contributed by atoms with Gasteiger partial charge in [-0.15, -0.1) is 4.40 Å². The fourth-order valence-corrected chi connectivity index (χ4v) is 4.72. The van der Waals surface area contributed by atoms with Gasteiger partial charge < -0.3 is 15.4 Å². The van der Waals surface area contributed by atoms with Crippen LogP contribution < -0.4 is 10.6 Å². The van der Waals surface area contributed by atoms with E-state index in [2.05, 4.69) is 15.0 Å². The van der Waals surface area contributed by atoms with Gasteiger partial charge in [0, 0.05) is 18.2 Å². The van der Waals surface area contributed by atoms with Crippen LogP contribution in [-0.4, -0.2) is 44.5 Å². The highest BCUT2D eigenvalue weighted by Crippen LogP contribution is 2.31.